The molecule has 0 spiro atoms. The molecule has 2 aromatic rings. The van der Waals surface area contributed by atoms with Gasteiger partial charge in [0.1, 0.15) is 16.7 Å². The lowest BCUT2D eigenvalue weighted by Crippen LogP contribution is -1.98. The number of nitro groups is 1. The van der Waals surface area contributed by atoms with Crippen LogP contribution in [0, 0.1) is 17.0 Å². The van der Waals surface area contributed by atoms with E-state index in [-0.39, 0.29) is 11.4 Å². The Bertz CT molecular complexity index is 633. The maximum Gasteiger partial charge on any atom is 0.322 e. The fourth-order valence-corrected chi connectivity index (χ4v) is 2.10. The monoisotopic (exact) mass is 251 g/mol. The van der Waals surface area contributed by atoms with Gasteiger partial charge in [-0.25, -0.2) is 0 Å². The van der Waals surface area contributed by atoms with E-state index in [2.05, 4.69) is 5.10 Å². The molecule has 0 amide bonds. The number of aromatic nitrogens is 2. The lowest BCUT2D eigenvalue weighted by atomic mass is 10.1. The van der Waals surface area contributed by atoms with Crippen LogP contribution in [0.4, 0.5) is 5.69 Å². The fourth-order valence-electron chi connectivity index (χ4n) is 2.10. The smallest absolute Gasteiger partial charge is 0.322 e. The van der Waals surface area contributed by atoms with Crippen molar-refractivity contribution in [1.82, 2.24) is 9.78 Å². The maximum atomic E-state index is 11.2. The van der Waals surface area contributed by atoms with Crippen molar-refractivity contribution in [2.45, 2.75) is 6.92 Å². The summed E-state index contributed by atoms with van der Waals surface area (Å²) in [6.07, 6.45) is 0. The van der Waals surface area contributed by atoms with Gasteiger partial charge in [0, 0.05) is 13.1 Å². The van der Waals surface area contributed by atoms with E-state index in [0.29, 0.717) is 22.3 Å². The van der Waals surface area contributed by atoms with E-state index in [1.165, 1.54) is 20.3 Å². The van der Waals surface area contributed by atoms with E-state index >= 15 is 0 Å². The van der Waals surface area contributed by atoms with Crippen molar-refractivity contribution >= 4 is 16.6 Å². The van der Waals surface area contributed by atoms with Crippen LogP contribution in [0.5, 0.6) is 11.5 Å². The van der Waals surface area contributed by atoms with Crippen molar-refractivity contribution in [1.29, 1.82) is 0 Å². The highest BCUT2D eigenvalue weighted by molar-refractivity contribution is 5.97. The first-order chi connectivity index (χ1) is 8.51. The first-order valence-electron chi connectivity index (χ1n) is 5.24. The van der Waals surface area contributed by atoms with E-state index in [4.69, 9.17) is 9.47 Å². The molecule has 7 heteroatoms. The van der Waals surface area contributed by atoms with Crippen LogP contribution >= 0.6 is 0 Å². The Kier molecular flexibility index (Phi) is 2.82. The van der Waals surface area contributed by atoms with Gasteiger partial charge in [-0.1, -0.05) is 0 Å². The quantitative estimate of drug-likeness (QED) is 0.614. The van der Waals surface area contributed by atoms with Gasteiger partial charge in [0.25, 0.3) is 0 Å². The van der Waals surface area contributed by atoms with E-state index in [1.54, 1.807) is 18.7 Å². The van der Waals surface area contributed by atoms with Crippen LogP contribution in [0.3, 0.4) is 0 Å². The van der Waals surface area contributed by atoms with E-state index in [1.807, 2.05) is 0 Å². The van der Waals surface area contributed by atoms with Crippen LogP contribution in [0.15, 0.2) is 6.07 Å². The number of nitrogens with zero attached hydrogens (tertiary/aromatic N) is 3. The van der Waals surface area contributed by atoms with Crippen molar-refractivity contribution in [3.05, 3.63) is 21.9 Å². The van der Waals surface area contributed by atoms with Crippen LogP contribution < -0.4 is 9.47 Å². The molecule has 7 nitrogen and oxygen atoms in total. The van der Waals surface area contributed by atoms with Gasteiger partial charge in [0.2, 0.25) is 5.75 Å². The molecular weight excluding hydrogens is 238 g/mol. The third-order valence-electron chi connectivity index (χ3n) is 2.81. The number of methoxy groups -OCH3 is 2. The summed E-state index contributed by atoms with van der Waals surface area (Å²) in [5.74, 6) is 0.663. The predicted molar refractivity (Wildman–Crippen MR) is 65.2 cm³/mol. The topological polar surface area (TPSA) is 79.4 Å². The van der Waals surface area contributed by atoms with Crippen molar-refractivity contribution in [3.8, 4) is 11.5 Å². The SMILES string of the molecule is COc1cc(OC)c2c(c(C)nn2C)c1[N+](=O)[O-]. The minimum atomic E-state index is -0.463. The Balaban J connectivity index is 3.01. The number of hydrogen-bond donors (Lipinski definition) is 0. The number of nitro benzene ring substituents is 1. The lowest BCUT2D eigenvalue weighted by Gasteiger charge is -2.08. The average Bonchev–Trinajstić information content (AvgIpc) is 2.63. The normalized spacial score (nSPS) is 10.7. The molecule has 2 rings (SSSR count). The fraction of sp³-hybridized carbons (Fsp3) is 0.364. The molecular formula is C11H13N3O4. The molecule has 18 heavy (non-hydrogen) atoms. The first kappa shape index (κ1) is 12.2. The predicted octanol–water partition coefficient (Wildman–Crippen LogP) is 1.81. The Morgan fingerprint density at radius 1 is 1.33 bits per heavy atom. The molecule has 0 fully saturated rings. The lowest BCUT2D eigenvalue weighted by molar-refractivity contribution is -0.384. The Labute approximate surface area is 103 Å². The molecule has 1 aromatic heterocycles. The molecule has 96 valence electrons. The summed E-state index contributed by atoms with van der Waals surface area (Å²) in [6.45, 7) is 1.72. The van der Waals surface area contributed by atoms with Gasteiger partial charge in [0.05, 0.1) is 24.8 Å². The van der Waals surface area contributed by atoms with Gasteiger partial charge in [-0.3, -0.25) is 14.8 Å². The summed E-state index contributed by atoms with van der Waals surface area (Å²) in [4.78, 5) is 10.7. The van der Waals surface area contributed by atoms with Crippen molar-refractivity contribution in [2.24, 2.45) is 7.05 Å². The molecule has 0 unspecified atom stereocenters. The number of rotatable bonds is 3. The Morgan fingerprint density at radius 2 is 1.94 bits per heavy atom. The third-order valence-corrected chi connectivity index (χ3v) is 2.81. The molecule has 0 aliphatic heterocycles. The van der Waals surface area contributed by atoms with Gasteiger partial charge in [-0.2, -0.15) is 5.10 Å². The minimum absolute atomic E-state index is 0.0844. The minimum Gasteiger partial charge on any atom is -0.494 e. The summed E-state index contributed by atoms with van der Waals surface area (Å²) in [5, 5.41) is 15.8. The number of ether oxygens (including phenoxy) is 2. The molecule has 0 radical (unpaired) electrons. The second kappa shape index (κ2) is 4.17. The Morgan fingerprint density at radius 3 is 2.44 bits per heavy atom. The number of aryl methyl sites for hydroxylation is 2. The molecule has 0 bridgehead atoms. The molecule has 0 aliphatic rings. The maximum absolute atomic E-state index is 11.2. The second-order valence-corrected chi connectivity index (χ2v) is 3.82. The Hall–Kier alpha value is -2.31. The zero-order valence-corrected chi connectivity index (χ0v) is 10.6. The van der Waals surface area contributed by atoms with Crippen molar-refractivity contribution in [2.75, 3.05) is 14.2 Å². The zero-order valence-electron chi connectivity index (χ0n) is 10.6. The third kappa shape index (κ3) is 1.55. The van der Waals surface area contributed by atoms with Crippen LogP contribution in [0.25, 0.3) is 10.9 Å². The van der Waals surface area contributed by atoms with Crippen LogP contribution in [-0.2, 0) is 7.05 Å². The largest absolute Gasteiger partial charge is 0.494 e. The summed E-state index contributed by atoms with van der Waals surface area (Å²) < 4.78 is 11.9. The zero-order chi connectivity index (χ0) is 13.4. The van der Waals surface area contributed by atoms with Crippen LogP contribution in [0.1, 0.15) is 5.69 Å². The van der Waals surface area contributed by atoms with Crippen molar-refractivity contribution < 1.29 is 14.4 Å². The molecule has 0 N–H and O–H groups in total. The molecule has 1 heterocycles. The molecule has 0 atom stereocenters. The van der Waals surface area contributed by atoms with Crippen molar-refractivity contribution in [3.63, 3.8) is 0 Å². The number of hydrogen-bond acceptors (Lipinski definition) is 5. The van der Waals surface area contributed by atoms with Gasteiger partial charge in [-0.05, 0) is 6.92 Å². The molecule has 1 aromatic carbocycles. The van der Waals surface area contributed by atoms with Gasteiger partial charge >= 0.3 is 5.69 Å². The summed E-state index contributed by atoms with van der Waals surface area (Å²) in [5.41, 5.74) is 1.07. The van der Waals surface area contributed by atoms with Crippen LogP contribution in [-0.4, -0.2) is 28.9 Å². The number of benzene rings is 1. The number of fused-ring (bicyclic) bond motifs is 1. The van der Waals surface area contributed by atoms with Gasteiger partial charge in [-0.15, -0.1) is 0 Å². The molecule has 0 saturated carbocycles. The first-order valence-corrected chi connectivity index (χ1v) is 5.24. The van der Waals surface area contributed by atoms with Crippen LogP contribution in [0.2, 0.25) is 0 Å². The molecule has 0 saturated heterocycles. The highest BCUT2D eigenvalue weighted by Gasteiger charge is 2.27. The standard InChI is InChI=1S/C11H13N3O4/c1-6-9-10(13(2)12-6)7(17-3)5-8(18-4)11(9)14(15)16/h5H,1-4H3. The van der Waals surface area contributed by atoms with E-state index < -0.39 is 4.92 Å². The summed E-state index contributed by atoms with van der Waals surface area (Å²) in [7, 11) is 4.61. The van der Waals surface area contributed by atoms with Gasteiger partial charge in [0.15, 0.2) is 0 Å². The highest BCUT2D eigenvalue weighted by atomic mass is 16.6. The molecule has 0 aliphatic carbocycles. The average molecular weight is 251 g/mol. The van der Waals surface area contributed by atoms with E-state index in [9.17, 15) is 10.1 Å². The summed E-state index contributed by atoms with van der Waals surface area (Å²) >= 11 is 0. The highest BCUT2D eigenvalue weighted by Crippen LogP contribution is 2.42. The second-order valence-electron chi connectivity index (χ2n) is 3.82. The van der Waals surface area contributed by atoms with E-state index in [0.717, 1.165) is 0 Å². The van der Waals surface area contributed by atoms with Gasteiger partial charge < -0.3 is 9.47 Å². The summed E-state index contributed by atoms with van der Waals surface area (Å²) in [6, 6.07) is 1.50.